The molecule has 1 fully saturated rings. The number of ether oxygens (including phenoxy) is 1. The molecule has 0 saturated carbocycles. The van der Waals surface area contributed by atoms with E-state index in [0.717, 1.165) is 12.1 Å². The van der Waals surface area contributed by atoms with Crippen LogP contribution in [0.15, 0.2) is 28.8 Å². The summed E-state index contributed by atoms with van der Waals surface area (Å²) in [4.78, 5) is 6.57. The number of aliphatic hydroxyl groups excluding tert-OH is 1. The highest BCUT2D eigenvalue weighted by Crippen LogP contribution is 2.19. The molecule has 1 aliphatic heterocycles. The van der Waals surface area contributed by atoms with Crippen molar-refractivity contribution in [3.8, 4) is 11.5 Å². The smallest absolute Gasteiger partial charge is 0.257 e. The normalized spacial score (nSPS) is 21.6. The van der Waals surface area contributed by atoms with Gasteiger partial charge in [-0.1, -0.05) is 29.8 Å². The minimum Gasteiger partial charge on any atom is -0.389 e. The molecule has 2 aromatic rings. The SMILES string of the molecule is CCN(Cc1noc(-c2ccc(C)cc2)n1)[C@@H]1COC[C@H]1O. The first-order chi connectivity index (χ1) is 10.7. The Balaban J connectivity index is 1.71. The molecule has 0 aliphatic carbocycles. The minimum atomic E-state index is -0.455. The predicted molar refractivity (Wildman–Crippen MR) is 81.2 cm³/mol. The summed E-state index contributed by atoms with van der Waals surface area (Å²) >= 11 is 0. The van der Waals surface area contributed by atoms with Crippen molar-refractivity contribution in [1.82, 2.24) is 15.0 Å². The summed E-state index contributed by atoms with van der Waals surface area (Å²) in [6.07, 6.45) is -0.455. The fourth-order valence-electron chi connectivity index (χ4n) is 2.66. The molecule has 1 saturated heterocycles. The molecule has 0 spiro atoms. The average molecular weight is 303 g/mol. The fourth-order valence-corrected chi connectivity index (χ4v) is 2.66. The monoisotopic (exact) mass is 303 g/mol. The topological polar surface area (TPSA) is 71.6 Å². The maximum atomic E-state index is 9.95. The zero-order valence-corrected chi connectivity index (χ0v) is 12.9. The van der Waals surface area contributed by atoms with Crippen LogP contribution >= 0.6 is 0 Å². The van der Waals surface area contributed by atoms with Gasteiger partial charge in [0.1, 0.15) is 0 Å². The van der Waals surface area contributed by atoms with Crippen LogP contribution in [0.25, 0.3) is 11.5 Å². The van der Waals surface area contributed by atoms with Gasteiger partial charge in [0.2, 0.25) is 0 Å². The number of aryl methyl sites for hydroxylation is 1. The van der Waals surface area contributed by atoms with Crippen molar-refractivity contribution in [2.45, 2.75) is 32.5 Å². The Morgan fingerprint density at radius 3 is 2.68 bits per heavy atom. The second kappa shape index (κ2) is 6.56. The fraction of sp³-hybridized carbons (Fsp3) is 0.500. The highest BCUT2D eigenvalue weighted by atomic mass is 16.5. The average Bonchev–Trinajstić information content (AvgIpc) is 3.15. The van der Waals surface area contributed by atoms with Gasteiger partial charge in [-0.3, -0.25) is 4.90 Å². The van der Waals surface area contributed by atoms with E-state index in [-0.39, 0.29) is 6.04 Å². The van der Waals surface area contributed by atoms with Crippen molar-refractivity contribution in [2.75, 3.05) is 19.8 Å². The highest BCUT2D eigenvalue weighted by Gasteiger charge is 2.31. The third-order valence-corrected chi connectivity index (χ3v) is 4.01. The molecule has 2 heterocycles. The third-order valence-electron chi connectivity index (χ3n) is 4.01. The predicted octanol–water partition coefficient (Wildman–Crippen LogP) is 1.63. The summed E-state index contributed by atoms with van der Waals surface area (Å²) in [7, 11) is 0. The van der Waals surface area contributed by atoms with Crippen LogP contribution in [0.5, 0.6) is 0 Å². The molecule has 0 radical (unpaired) electrons. The molecule has 1 aliphatic rings. The summed E-state index contributed by atoms with van der Waals surface area (Å²) in [6, 6.07) is 7.97. The molecule has 0 amide bonds. The van der Waals surface area contributed by atoms with Crippen molar-refractivity contribution >= 4 is 0 Å². The van der Waals surface area contributed by atoms with Crippen LogP contribution in [0.1, 0.15) is 18.3 Å². The van der Waals surface area contributed by atoms with Crippen LogP contribution in [0, 0.1) is 6.92 Å². The number of aromatic nitrogens is 2. The van der Waals surface area contributed by atoms with Gasteiger partial charge in [0.05, 0.1) is 31.9 Å². The molecule has 0 unspecified atom stereocenters. The molecule has 3 rings (SSSR count). The molecule has 2 atom stereocenters. The van der Waals surface area contributed by atoms with E-state index in [1.54, 1.807) is 0 Å². The first-order valence-electron chi connectivity index (χ1n) is 7.57. The van der Waals surface area contributed by atoms with E-state index in [1.165, 1.54) is 5.56 Å². The lowest BCUT2D eigenvalue weighted by Gasteiger charge is -2.26. The molecular weight excluding hydrogens is 282 g/mol. The van der Waals surface area contributed by atoms with Crippen molar-refractivity contribution in [3.05, 3.63) is 35.7 Å². The zero-order valence-electron chi connectivity index (χ0n) is 12.9. The first kappa shape index (κ1) is 15.1. The van der Waals surface area contributed by atoms with E-state index in [0.29, 0.717) is 31.5 Å². The largest absolute Gasteiger partial charge is 0.389 e. The minimum absolute atomic E-state index is 0.00803. The van der Waals surface area contributed by atoms with Crippen LogP contribution < -0.4 is 0 Å². The first-order valence-corrected chi connectivity index (χ1v) is 7.57. The van der Waals surface area contributed by atoms with Crippen LogP contribution in [0.2, 0.25) is 0 Å². The van der Waals surface area contributed by atoms with E-state index in [9.17, 15) is 5.11 Å². The van der Waals surface area contributed by atoms with Crippen LogP contribution in [0.4, 0.5) is 0 Å². The van der Waals surface area contributed by atoms with Gasteiger partial charge >= 0.3 is 0 Å². The third kappa shape index (κ3) is 3.19. The van der Waals surface area contributed by atoms with Gasteiger partial charge in [-0.2, -0.15) is 4.98 Å². The quantitative estimate of drug-likeness (QED) is 0.905. The van der Waals surface area contributed by atoms with E-state index >= 15 is 0 Å². The van der Waals surface area contributed by atoms with Crippen molar-refractivity contribution in [1.29, 1.82) is 0 Å². The van der Waals surface area contributed by atoms with Gasteiger partial charge in [-0.05, 0) is 25.6 Å². The van der Waals surface area contributed by atoms with Gasteiger partial charge in [0.25, 0.3) is 5.89 Å². The molecule has 0 bridgehead atoms. The van der Waals surface area contributed by atoms with Gasteiger partial charge in [0.15, 0.2) is 5.82 Å². The Bertz CT molecular complexity index is 611. The summed E-state index contributed by atoms with van der Waals surface area (Å²) in [5.74, 6) is 1.14. The zero-order chi connectivity index (χ0) is 15.5. The molecule has 6 heteroatoms. The van der Waals surface area contributed by atoms with Crippen LogP contribution in [-0.4, -0.2) is 52.1 Å². The molecule has 1 aromatic heterocycles. The Labute approximate surface area is 129 Å². The molecule has 1 aromatic carbocycles. The number of hydrogen-bond donors (Lipinski definition) is 1. The standard InChI is InChI=1S/C16H21N3O3/c1-3-19(13-9-21-10-14(13)20)8-15-17-16(22-18-15)12-6-4-11(2)5-7-12/h4-7,13-14,20H,3,8-10H2,1-2H3/t13-,14-/m1/s1. The number of aliphatic hydroxyl groups is 1. The number of rotatable bonds is 5. The van der Waals surface area contributed by atoms with E-state index < -0.39 is 6.10 Å². The van der Waals surface area contributed by atoms with Crippen molar-refractivity contribution in [3.63, 3.8) is 0 Å². The van der Waals surface area contributed by atoms with Gasteiger partial charge in [-0.15, -0.1) is 0 Å². The molecule has 22 heavy (non-hydrogen) atoms. The molecule has 1 N–H and O–H groups in total. The molecule has 6 nitrogen and oxygen atoms in total. The summed E-state index contributed by atoms with van der Waals surface area (Å²) in [5, 5.41) is 14.0. The lowest BCUT2D eigenvalue weighted by molar-refractivity contribution is 0.0789. The number of nitrogens with zero attached hydrogens (tertiary/aromatic N) is 3. The summed E-state index contributed by atoms with van der Waals surface area (Å²) < 4.78 is 10.7. The van der Waals surface area contributed by atoms with Crippen LogP contribution in [0.3, 0.4) is 0 Å². The van der Waals surface area contributed by atoms with Crippen molar-refractivity contribution < 1.29 is 14.4 Å². The Morgan fingerprint density at radius 2 is 2.05 bits per heavy atom. The number of likely N-dealkylation sites (N-methyl/N-ethyl adjacent to an activating group) is 1. The van der Waals surface area contributed by atoms with Gasteiger partial charge in [0, 0.05) is 5.56 Å². The second-order valence-electron chi connectivity index (χ2n) is 5.62. The van der Waals surface area contributed by atoms with E-state index in [4.69, 9.17) is 9.26 Å². The Morgan fingerprint density at radius 1 is 1.27 bits per heavy atom. The maximum absolute atomic E-state index is 9.95. The summed E-state index contributed by atoms with van der Waals surface area (Å²) in [6.45, 7) is 6.35. The lowest BCUT2D eigenvalue weighted by atomic mass is 10.1. The van der Waals surface area contributed by atoms with Gasteiger partial charge in [-0.25, -0.2) is 0 Å². The van der Waals surface area contributed by atoms with E-state index in [2.05, 4.69) is 15.0 Å². The molecule has 118 valence electrons. The number of benzene rings is 1. The lowest BCUT2D eigenvalue weighted by Crippen LogP contribution is -2.42. The van der Waals surface area contributed by atoms with Crippen molar-refractivity contribution in [2.24, 2.45) is 0 Å². The van der Waals surface area contributed by atoms with Gasteiger partial charge < -0.3 is 14.4 Å². The Kier molecular flexibility index (Phi) is 4.52. The second-order valence-corrected chi connectivity index (χ2v) is 5.62. The number of hydrogen-bond acceptors (Lipinski definition) is 6. The van der Waals surface area contributed by atoms with Crippen LogP contribution in [-0.2, 0) is 11.3 Å². The highest BCUT2D eigenvalue weighted by molar-refractivity contribution is 5.53. The molecular formula is C16H21N3O3. The Hall–Kier alpha value is -1.76. The summed E-state index contributed by atoms with van der Waals surface area (Å²) in [5.41, 5.74) is 2.10. The maximum Gasteiger partial charge on any atom is 0.257 e. The van der Waals surface area contributed by atoms with E-state index in [1.807, 2.05) is 38.1 Å².